The predicted octanol–water partition coefficient (Wildman–Crippen LogP) is 3.59. The Kier molecular flexibility index (Phi) is 4.73. The Morgan fingerprint density at radius 1 is 1.24 bits per heavy atom. The van der Waals surface area contributed by atoms with Crippen molar-refractivity contribution in [1.82, 2.24) is 5.32 Å². The van der Waals surface area contributed by atoms with Crippen molar-refractivity contribution >= 4 is 29.3 Å². The van der Waals surface area contributed by atoms with Gasteiger partial charge in [0.05, 0.1) is 5.56 Å². The second-order valence-electron chi connectivity index (χ2n) is 5.65. The molecule has 0 spiro atoms. The van der Waals surface area contributed by atoms with E-state index < -0.39 is 5.97 Å². The van der Waals surface area contributed by atoms with Gasteiger partial charge in [-0.2, -0.15) is 0 Å². The van der Waals surface area contributed by atoms with Gasteiger partial charge in [-0.3, -0.25) is 0 Å². The van der Waals surface area contributed by atoms with Crippen molar-refractivity contribution in [1.29, 1.82) is 0 Å². The number of halogens is 1. The molecule has 3 atom stereocenters. The minimum atomic E-state index is -1.08. The largest absolute Gasteiger partial charge is 0.478 e. The highest BCUT2D eigenvalue weighted by Crippen LogP contribution is 2.31. The van der Waals surface area contributed by atoms with Crippen molar-refractivity contribution < 1.29 is 14.7 Å². The number of hydrogen-bond acceptors (Lipinski definition) is 2. The smallest absolute Gasteiger partial charge is 0.335 e. The first-order chi connectivity index (χ1) is 9.86. The van der Waals surface area contributed by atoms with Gasteiger partial charge in [-0.05, 0) is 42.9 Å². The van der Waals surface area contributed by atoms with Crippen LogP contribution in [0.2, 0.25) is 5.02 Å². The fourth-order valence-electron chi connectivity index (χ4n) is 2.69. The molecule has 3 unspecified atom stereocenters. The molecule has 6 heteroatoms. The number of benzene rings is 1. The maximum atomic E-state index is 12.0. The predicted molar refractivity (Wildman–Crippen MR) is 81.9 cm³/mol. The maximum Gasteiger partial charge on any atom is 0.335 e. The molecule has 2 amide bonds. The van der Waals surface area contributed by atoms with Gasteiger partial charge in [0, 0.05) is 16.8 Å². The van der Waals surface area contributed by atoms with Crippen molar-refractivity contribution in [2.24, 2.45) is 11.8 Å². The van der Waals surface area contributed by atoms with Crippen LogP contribution in [0.15, 0.2) is 18.2 Å². The summed E-state index contributed by atoms with van der Waals surface area (Å²) in [6.45, 7) is 4.31. The van der Waals surface area contributed by atoms with Crippen LogP contribution in [0.4, 0.5) is 10.5 Å². The summed E-state index contributed by atoms with van der Waals surface area (Å²) in [5.41, 5.74) is 0.414. The van der Waals surface area contributed by atoms with Crippen molar-refractivity contribution in [3.8, 4) is 0 Å². The third-order valence-corrected chi connectivity index (χ3v) is 4.40. The maximum absolute atomic E-state index is 12.0. The summed E-state index contributed by atoms with van der Waals surface area (Å²) in [6.07, 6.45) is 2.07. The van der Waals surface area contributed by atoms with E-state index in [1.54, 1.807) is 0 Å². The van der Waals surface area contributed by atoms with Crippen LogP contribution in [0.25, 0.3) is 0 Å². The average molecular weight is 311 g/mol. The number of carbonyl (C=O) groups excluding carboxylic acids is 1. The average Bonchev–Trinajstić information content (AvgIpc) is 2.70. The molecule has 0 bridgehead atoms. The molecule has 1 fully saturated rings. The summed E-state index contributed by atoms with van der Waals surface area (Å²) in [6, 6.07) is 4.06. The number of rotatable bonds is 3. The van der Waals surface area contributed by atoms with Gasteiger partial charge in [0.25, 0.3) is 0 Å². The number of carbonyl (C=O) groups is 2. The number of hydrogen-bond donors (Lipinski definition) is 3. The Bertz CT molecular complexity index is 562. The molecule has 0 aromatic heterocycles. The van der Waals surface area contributed by atoms with E-state index in [-0.39, 0.29) is 22.7 Å². The van der Waals surface area contributed by atoms with Gasteiger partial charge >= 0.3 is 12.0 Å². The van der Waals surface area contributed by atoms with E-state index >= 15 is 0 Å². The fraction of sp³-hybridized carbons (Fsp3) is 0.467. The molecule has 114 valence electrons. The van der Waals surface area contributed by atoms with Crippen LogP contribution < -0.4 is 10.6 Å². The molecule has 5 nitrogen and oxygen atoms in total. The molecule has 0 radical (unpaired) electrons. The number of amides is 2. The lowest BCUT2D eigenvalue weighted by atomic mass is 9.98. The Hall–Kier alpha value is -1.75. The second-order valence-corrected chi connectivity index (χ2v) is 6.09. The molecule has 1 aliphatic rings. The zero-order chi connectivity index (χ0) is 15.6. The molecule has 1 saturated carbocycles. The van der Waals surface area contributed by atoms with E-state index in [1.807, 2.05) is 0 Å². The Morgan fingerprint density at radius 3 is 2.52 bits per heavy atom. The minimum absolute atomic E-state index is 0.0423. The van der Waals surface area contributed by atoms with Crippen molar-refractivity contribution in [3.05, 3.63) is 28.8 Å². The highest BCUT2D eigenvalue weighted by molar-refractivity contribution is 6.31. The lowest BCUT2D eigenvalue weighted by Gasteiger charge is -2.20. The van der Waals surface area contributed by atoms with Gasteiger partial charge in [0.15, 0.2) is 0 Å². The summed E-state index contributed by atoms with van der Waals surface area (Å²) >= 11 is 5.86. The van der Waals surface area contributed by atoms with E-state index in [9.17, 15) is 9.59 Å². The van der Waals surface area contributed by atoms with Crippen LogP contribution in [0.1, 0.15) is 37.0 Å². The summed E-state index contributed by atoms with van der Waals surface area (Å²) in [7, 11) is 0. The van der Waals surface area contributed by atoms with E-state index in [0.29, 0.717) is 17.5 Å². The minimum Gasteiger partial charge on any atom is -0.478 e. The summed E-state index contributed by atoms with van der Waals surface area (Å²) in [4.78, 5) is 23.0. The highest BCUT2D eigenvalue weighted by atomic mass is 35.5. The quantitative estimate of drug-likeness (QED) is 0.798. The normalized spacial score (nSPS) is 24.6. The lowest BCUT2D eigenvalue weighted by Crippen LogP contribution is -2.40. The molecule has 2 rings (SSSR count). The van der Waals surface area contributed by atoms with Crippen LogP contribution in [0, 0.1) is 11.8 Å². The van der Waals surface area contributed by atoms with Crippen LogP contribution in [0.3, 0.4) is 0 Å². The summed E-state index contributed by atoms with van der Waals surface area (Å²) in [5, 5.41) is 14.8. The van der Waals surface area contributed by atoms with Gasteiger partial charge in [0.2, 0.25) is 0 Å². The van der Waals surface area contributed by atoms with Crippen LogP contribution in [-0.4, -0.2) is 23.1 Å². The van der Waals surface area contributed by atoms with Gasteiger partial charge in [-0.1, -0.05) is 25.4 Å². The van der Waals surface area contributed by atoms with Gasteiger partial charge in [0.1, 0.15) is 0 Å². The topological polar surface area (TPSA) is 78.4 Å². The second kappa shape index (κ2) is 6.35. The molecule has 0 saturated heterocycles. The molecular weight excluding hydrogens is 292 g/mol. The number of urea groups is 1. The third-order valence-electron chi connectivity index (χ3n) is 4.18. The molecular formula is C15H19ClN2O3. The Labute approximate surface area is 128 Å². The van der Waals surface area contributed by atoms with Crippen LogP contribution in [-0.2, 0) is 0 Å². The molecule has 0 aliphatic heterocycles. The lowest BCUT2D eigenvalue weighted by molar-refractivity contribution is 0.0697. The number of nitrogens with one attached hydrogen (secondary N) is 2. The van der Waals surface area contributed by atoms with Gasteiger partial charge < -0.3 is 15.7 Å². The molecule has 1 aromatic rings. The first-order valence-electron chi connectivity index (χ1n) is 6.98. The van der Waals surface area contributed by atoms with Crippen molar-refractivity contribution in [3.63, 3.8) is 0 Å². The number of carboxylic acid groups (broad SMARTS) is 1. The Morgan fingerprint density at radius 2 is 1.95 bits per heavy atom. The third kappa shape index (κ3) is 3.88. The van der Waals surface area contributed by atoms with E-state index in [1.165, 1.54) is 18.2 Å². The van der Waals surface area contributed by atoms with E-state index in [4.69, 9.17) is 16.7 Å². The first kappa shape index (κ1) is 15.6. The summed E-state index contributed by atoms with van der Waals surface area (Å²) in [5.74, 6) is -0.0519. The van der Waals surface area contributed by atoms with E-state index in [2.05, 4.69) is 24.5 Å². The monoisotopic (exact) mass is 310 g/mol. The van der Waals surface area contributed by atoms with Crippen LogP contribution >= 0.6 is 11.6 Å². The first-order valence-corrected chi connectivity index (χ1v) is 7.36. The molecule has 1 aliphatic carbocycles. The standard InChI is InChI=1S/C15H19ClN2O3/c1-8-3-4-13(9(8)2)18-15(21)17-12-6-10(14(19)20)5-11(16)7-12/h5-9,13H,3-4H2,1-2H3,(H,19,20)(H2,17,18,21). The van der Waals surface area contributed by atoms with Gasteiger partial charge in [-0.15, -0.1) is 0 Å². The Balaban J connectivity index is 2.01. The fourth-order valence-corrected chi connectivity index (χ4v) is 2.92. The van der Waals surface area contributed by atoms with Crippen molar-refractivity contribution in [2.75, 3.05) is 5.32 Å². The number of carboxylic acids is 1. The van der Waals surface area contributed by atoms with Crippen LogP contribution in [0.5, 0.6) is 0 Å². The molecule has 1 aromatic carbocycles. The zero-order valence-electron chi connectivity index (χ0n) is 12.0. The SMILES string of the molecule is CC1CCC(NC(=O)Nc2cc(Cl)cc(C(=O)O)c2)C1C. The van der Waals surface area contributed by atoms with Crippen molar-refractivity contribution in [2.45, 2.75) is 32.7 Å². The summed E-state index contributed by atoms with van der Waals surface area (Å²) < 4.78 is 0. The number of aromatic carboxylic acids is 1. The zero-order valence-corrected chi connectivity index (χ0v) is 12.8. The molecule has 21 heavy (non-hydrogen) atoms. The highest BCUT2D eigenvalue weighted by Gasteiger charge is 2.30. The molecule has 0 heterocycles. The van der Waals surface area contributed by atoms with E-state index in [0.717, 1.165) is 12.8 Å². The molecule has 3 N–H and O–H groups in total. The number of anilines is 1. The van der Waals surface area contributed by atoms with Gasteiger partial charge in [-0.25, -0.2) is 9.59 Å².